The van der Waals surface area contributed by atoms with Gasteiger partial charge in [0.15, 0.2) is 0 Å². The first-order chi connectivity index (χ1) is 14.8. The Labute approximate surface area is 191 Å². The van der Waals surface area contributed by atoms with E-state index in [0.717, 1.165) is 5.56 Å². The summed E-state index contributed by atoms with van der Waals surface area (Å²) in [7, 11) is -2.62. The van der Waals surface area contributed by atoms with Crippen molar-refractivity contribution in [1.82, 2.24) is 4.72 Å². The summed E-state index contributed by atoms with van der Waals surface area (Å²) in [6.07, 6.45) is 0.149. The van der Waals surface area contributed by atoms with Crippen LogP contribution in [0, 0.1) is 0 Å². The first-order valence-corrected chi connectivity index (χ1v) is 11.5. The van der Waals surface area contributed by atoms with Crippen LogP contribution < -0.4 is 14.8 Å². The fourth-order valence-electron chi connectivity index (χ4n) is 2.90. The predicted octanol–water partition coefficient (Wildman–Crippen LogP) is 4.53. The monoisotopic (exact) mass is 478 g/mol. The number of ether oxygens (including phenoxy) is 1. The van der Waals surface area contributed by atoms with Crippen LogP contribution in [0.3, 0.4) is 0 Å². The van der Waals surface area contributed by atoms with E-state index >= 15 is 0 Å². The lowest BCUT2D eigenvalue weighted by Gasteiger charge is -2.19. The molecule has 31 heavy (non-hydrogen) atoms. The molecule has 0 saturated heterocycles. The van der Waals surface area contributed by atoms with Gasteiger partial charge in [0.05, 0.1) is 17.0 Å². The van der Waals surface area contributed by atoms with Gasteiger partial charge in [-0.3, -0.25) is 4.79 Å². The third-order valence-electron chi connectivity index (χ3n) is 4.42. The minimum absolute atomic E-state index is 0.0769. The zero-order valence-corrected chi connectivity index (χ0v) is 18.8. The maximum absolute atomic E-state index is 13.0. The Morgan fingerprint density at radius 2 is 1.74 bits per heavy atom. The number of nitrogens with one attached hydrogen (secondary N) is 2. The first-order valence-electron chi connectivity index (χ1n) is 9.25. The van der Waals surface area contributed by atoms with Gasteiger partial charge < -0.3 is 10.1 Å². The molecule has 0 spiro atoms. The van der Waals surface area contributed by atoms with E-state index < -0.39 is 22.0 Å². The number of rotatable bonds is 8. The second-order valence-corrected chi connectivity index (χ2v) is 9.22. The number of hydrogen-bond acceptors (Lipinski definition) is 4. The molecule has 3 aromatic rings. The van der Waals surface area contributed by atoms with Crippen LogP contribution in [0.15, 0.2) is 77.7 Å². The van der Waals surface area contributed by atoms with Gasteiger partial charge in [0.1, 0.15) is 11.8 Å². The van der Waals surface area contributed by atoms with Crippen LogP contribution in [-0.2, 0) is 21.2 Å². The number of halogens is 2. The number of sulfonamides is 1. The summed E-state index contributed by atoms with van der Waals surface area (Å²) in [4.78, 5) is 12.9. The van der Waals surface area contributed by atoms with E-state index in [1.807, 2.05) is 30.3 Å². The number of carbonyl (C=O) groups excluding carboxylic acids is 1. The highest BCUT2D eigenvalue weighted by atomic mass is 35.5. The molecule has 0 bridgehead atoms. The van der Waals surface area contributed by atoms with Crippen molar-refractivity contribution in [2.24, 2.45) is 0 Å². The minimum atomic E-state index is -4.05. The normalized spacial score (nSPS) is 12.2. The molecule has 0 saturated carbocycles. The van der Waals surface area contributed by atoms with E-state index in [4.69, 9.17) is 27.9 Å². The summed E-state index contributed by atoms with van der Waals surface area (Å²) in [6, 6.07) is 18.7. The molecule has 9 heteroatoms. The first kappa shape index (κ1) is 23.1. The lowest BCUT2D eigenvalue weighted by Crippen LogP contribution is -2.45. The van der Waals surface area contributed by atoms with Crippen LogP contribution in [0.1, 0.15) is 5.56 Å². The summed E-state index contributed by atoms with van der Waals surface area (Å²) in [6.45, 7) is 0. The topological polar surface area (TPSA) is 84.5 Å². The number of anilines is 1. The van der Waals surface area contributed by atoms with Crippen molar-refractivity contribution < 1.29 is 17.9 Å². The number of benzene rings is 3. The van der Waals surface area contributed by atoms with Gasteiger partial charge in [0.2, 0.25) is 15.9 Å². The van der Waals surface area contributed by atoms with Gasteiger partial charge in [0, 0.05) is 10.7 Å². The molecule has 0 aliphatic rings. The van der Waals surface area contributed by atoms with Crippen LogP contribution in [0.25, 0.3) is 0 Å². The summed E-state index contributed by atoms with van der Waals surface area (Å²) in [5.74, 6) is -0.172. The van der Waals surface area contributed by atoms with Gasteiger partial charge in [-0.05, 0) is 48.4 Å². The van der Waals surface area contributed by atoms with E-state index in [-0.39, 0.29) is 16.3 Å². The smallest absolute Gasteiger partial charge is 0.242 e. The van der Waals surface area contributed by atoms with Crippen LogP contribution in [0.4, 0.5) is 5.69 Å². The summed E-state index contributed by atoms with van der Waals surface area (Å²) < 4.78 is 33.5. The lowest BCUT2D eigenvalue weighted by molar-refractivity contribution is -0.117. The third kappa shape index (κ3) is 6.21. The van der Waals surface area contributed by atoms with Gasteiger partial charge in [-0.25, -0.2) is 8.42 Å². The molecule has 3 rings (SSSR count). The average molecular weight is 479 g/mol. The molecule has 0 unspecified atom stereocenters. The Balaban J connectivity index is 1.88. The molecule has 0 heterocycles. The van der Waals surface area contributed by atoms with Crippen molar-refractivity contribution in [3.63, 3.8) is 0 Å². The zero-order valence-electron chi connectivity index (χ0n) is 16.5. The van der Waals surface area contributed by atoms with E-state index in [2.05, 4.69) is 10.0 Å². The van der Waals surface area contributed by atoms with Gasteiger partial charge in [-0.15, -0.1) is 0 Å². The fraction of sp³-hybridized carbons (Fsp3) is 0.136. The van der Waals surface area contributed by atoms with E-state index in [1.54, 1.807) is 24.3 Å². The van der Waals surface area contributed by atoms with Gasteiger partial charge in [0.25, 0.3) is 0 Å². The third-order valence-corrected chi connectivity index (χ3v) is 6.42. The molecule has 2 N–H and O–H groups in total. The Morgan fingerprint density at radius 1 is 1.00 bits per heavy atom. The van der Waals surface area contributed by atoms with Crippen molar-refractivity contribution >= 4 is 44.8 Å². The molecular formula is C22H20Cl2N2O4S. The van der Waals surface area contributed by atoms with Gasteiger partial charge in [-0.2, -0.15) is 4.72 Å². The second kappa shape index (κ2) is 10.2. The van der Waals surface area contributed by atoms with Gasteiger partial charge >= 0.3 is 0 Å². The highest BCUT2D eigenvalue weighted by Gasteiger charge is 2.27. The molecule has 0 aromatic heterocycles. The number of carbonyl (C=O) groups is 1. The van der Waals surface area contributed by atoms with Crippen LogP contribution in [0.2, 0.25) is 10.0 Å². The molecule has 162 valence electrons. The van der Waals surface area contributed by atoms with Crippen LogP contribution in [-0.4, -0.2) is 27.5 Å². The van der Waals surface area contributed by atoms with E-state index in [0.29, 0.717) is 16.5 Å². The van der Waals surface area contributed by atoms with E-state index in [9.17, 15) is 13.2 Å². The van der Waals surface area contributed by atoms with Crippen molar-refractivity contribution in [2.45, 2.75) is 17.4 Å². The predicted molar refractivity (Wildman–Crippen MR) is 122 cm³/mol. The molecule has 6 nitrogen and oxygen atoms in total. The van der Waals surface area contributed by atoms with Crippen LogP contribution in [0.5, 0.6) is 5.75 Å². The lowest BCUT2D eigenvalue weighted by atomic mass is 10.1. The number of hydrogen-bond donors (Lipinski definition) is 2. The van der Waals surface area contributed by atoms with Crippen LogP contribution >= 0.6 is 23.2 Å². The fourth-order valence-corrected chi connectivity index (χ4v) is 4.64. The highest BCUT2D eigenvalue weighted by Crippen LogP contribution is 2.27. The van der Waals surface area contributed by atoms with Crippen molar-refractivity contribution in [3.8, 4) is 5.75 Å². The molecule has 1 amide bonds. The molecule has 0 radical (unpaired) electrons. The average Bonchev–Trinajstić information content (AvgIpc) is 2.74. The number of amides is 1. The number of methoxy groups -OCH3 is 1. The van der Waals surface area contributed by atoms with Crippen molar-refractivity contribution in [2.75, 3.05) is 12.4 Å². The second-order valence-electron chi connectivity index (χ2n) is 6.66. The summed E-state index contributed by atoms with van der Waals surface area (Å²) >= 11 is 12.1. The standard InChI is InChI=1S/C22H20Cl2N2O4S/c1-30-21-11-10-18(14-19(21)24)31(28,29)26-20(12-15-6-3-2-4-7-15)22(27)25-17-9-5-8-16(23)13-17/h2-11,13-14,20,26H,12H2,1H3,(H,25,27)/t20-/m1/s1. The summed E-state index contributed by atoms with van der Waals surface area (Å²) in [5, 5.41) is 3.31. The quantitative estimate of drug-likeness (QED) is 0.497. The summed E-state index contributed by atoms with van der Waals surface area (Å²) in [5.41, 5.74) is 1.26. The Bertz CT molecular complexity index is 1170. The highest BCUT2D eigenvalue weighted by molar-refractivity contribution is 7.89. The SMILES string of the molecule is COc1ccc(S(=O)(=O)N[C@H](Cc2ccccc2)C(=O)Nc2cccc(Cl)c2)cc1Cl. The van der Waals surface area contributed by atoms with Crippen molar-refractivity contribution in [3.05, 3.63) is 88.4 Å². The van der Waals surface area contributed by atoms with E-state index in [1.165, 1.54) is 25.3 Å². The Kier molecular flexibility index (Phi) is 7.56. The maximum atomic E-state index is 13.0. The zero-order chi connectivity index (χ0) is 22.4. The van der Waals surface area contributed by atoms with Crippen molar-refractivity contribution in [1.29, 1.82) is 0 Å². The Hall–Kier alpha value is -2.58. The molecular weight excluding hydrogens is 459 g/mol. The molecule has 0 fully saturated rings. The molecule has 0 aliphatic carbocycles. The van der Waals surface area contributed by atoms with Gasteiger partial charge in [-0.1, -0.05) is 59.6 Å². The molecule has 3 aromatic carbocycles. The largest absolute Gasteiger partial charge is 0.495 e. The Morgan fingerprint density at radius 3 is 2.39 bits per heavy atom. The minimum Gasteiger partial charge on any atom is -0.495 e. The molecule has 0 aliphatic heterocycles. The molecule has 1 atom stereocenters. The maximum Gasteiger partial charge on any atom is 0.242 e.